The van der Waals surface area contributed by atoms with Crippen LogP contribution < -0.4 is 4.84 Å². The van der Waals surface area contributed by atoms with Crippen LogP contribution in [0.4, 0.5) is 0 Å². The number of esters is 1. The van der Waals surface area contributed by atoms with Gasteiger partial charge in [0.05, 0.1) is 0 Å². The molecule has 1 aromatic heterocycles. The second-order valence-electron chi connectivity index (χ2n) is 6.02. The molecule has 0 atom stereocenters. The minimum atomic E-state index is -1.22. The predicted molar refractivity (Wildman–Crippen MR) is 86.2 cm³/mol. The van der Waals surface area contributed by atoms with Crippen LogP contribution in [0.25, 0.3) is 0 Å². The predicted octanol–water partition coefficient (Wildman–Crippen LogP) is 1.04. The second-order valence-corrected chi connectivity index (χ2v) is 6.02. The van der Waals surface area contributed by atoms with Crippen LogP contribution in [0.2, 0.25) is 0 Å². The van der Waals surface area contributed by atoms with Gasteiger partial charge in [0.2, 0.25) is 17.9 Å². The SMILES string of the molecule is O=C(CCCCCCC(=O)On1c(O)ccc1O)OC1C(=O)CCC1=O. The van der Waals surface area contributed by atoms with E-state index in [1.54, 1.807) is 0 Å². The molecule has 1 heterocycles. The number of carbonyl (C=O) groups excluding carboxylic acids is 4. The Hall–Kier alpha value is -2.84. The molecule has 142 valence electrons. The molecule has 1 aromatic rings. The Labute approximate surface area is 149 Å². The molecule has 1 fully saturated rings. The third-order valence-electron chi connectivity index (χ3n) is 3.95. The lowest BCUT2D eigenvalue weighted by molar-refractivity contribution is -0.157. The smallest absolute Gasteiger partial charge is 0.333 e. The summed E-state index contributed by atoms with van der Waals surface area (Å²) in [7, 11) is 0. The number of rotatable bonds is 9. The number of aromatic nitrogens is 1. The summed E-state index contributed by atoms with van der Waals surface area (Å²) < 4.78 is 5.53. The number of hydrogen-bond acceptors (Lipinski definition) is 8. The number of ketones is 2. The first-order valence-corrected chi connectivity index (χ1v) is 8.44. The van der Waals surface area contributed by atoms with Gasteiger partial charge in [0.1, 0.15) is 0 Å². The molecule has 0 saturated heterocycles. The lowest BCUT2D eigenvalue weighted by Crippen LogP contribution is -2.28. The van der Waals surface area contributed by atoms with E-state index in [4.69, 9.17) is 9.57 Å². The van der Waals surface area contributed by atoms with Crippen LogP contribution in [0, 0.1) is 0 Å². The number of Topliss-reactive ketones (excluding diaryl/α,β-unsaturated/α-hetero) is 2. The van der Waals surface area contributed by atoms with E-state index in [0.29, 0.717) is 30.4 Å². The quantitative estimate of drug-likeness (QED) is 0.376. The Morgan fingerprint density at radius 1 is 0.923 bits per heavy atom. The molecule has 0 unspecified atom stereocenters. The largest absolute Gasteiger partial charge is 0.492 e. The molecule has 0 radical (unpaired) electrons. The highest BCUT2D eigenvalue weighted by Gasteiger charge is 2.35. The lowest BCUT2D eigenvalue weighted by atomic mass is 10.1. The van der Waals surface area contributed by atoms with Gasteiger partial charge in [-0.2, -0.15) is 0 Å². The molecule has 2 N–H and O–H groups in total. The van der Waals surface area contributed by atoms with Crippen molar-refractivity contribution in [2.45, 2.75) is 57.5 Å². The van der Waals surface area contributed by atoms with Crippen molar-refractivity contribution in [3.8, 4) is 11.8 Å². The third kappa shape index (κ3) is 5.33. The van der Waals surface area contributed by atoms with Crippen molar-refractivity contribution in [2.24, 2.45) is 0 Å². The average Bonchev–Trinajstić information content (AvgIpc) is 3.08. The minimum Gasteiger partial charge on any atom is -0.492 e. The van der Waals surface area contributed by atoms with Gasteiger partial charge >= 0.3 is 11.9 Å². The van der Waals surface area contributed by atoms with Crippen molar-refractivity contribution < 1.29 is 39.0 Å². The van der Waals surface area contributed by atoms with Crippen LogP contribution >= 0.6 is 0 Å². The highest BCUT2D eigenvalue weighted by molar-refractivity contribution is 6.12. The van der Waals surface area contributed by atoms with Crippen LogP contribution in [-0.2, 0) is 23.9 Å². The summed E-state index contributed by atoms with van der Waals surface area (Å²) >= 11 is 0. The Balaban J connectivity index is 1.55. The molecule has 0 bridgehead atoms. The van der Waals surface area contributed by atoms with Crippen molar-refractivity contribution in [1.82, 2.24) is 4.73 Å². The van der Waals surface area contributed by atoms with Gasteiger partial charge in [0.25, 0.3) is 0 Å². The number of aromatic hydroxyl groups is 2. The fourth-order valence-electron chi connectivity index (χ4n) is 2.55. The molecular weight excluding hydrogens is 346 g/mol. The van der Waals surface area contributed by atoms with Gasteiger partial charge in [-0.1, -0.05) is 12.8 Å². The number of nitrogens with zero attached hydrogens (tertiary/aromatic N) is 1. The Kier molecular flexibility index (Phi) is 6.76. The van der Waals surface area contributed by atoms with E-state index in [0.717, 1.165) is 0 Å². The fraction of sp³-hybridized carbons (Fsp3) is 0.529. The first-order valence-electron chi connectivity index (χ1n) is 8.44. The van der Waals surface area contributed by atoms with Gasteiger partial charge in [-0.25, -0.2) is 4.79 Å². The van der Waals surface area contributed by atoms with Gasteiger partial charge in [0.15, 0.2) is 11.6 Å². The van der Waals surface area contributed by atoms with E-state index >= 15 is 0 Å². The Bertz CT molecular complexity index is 657. The summed E-state index contributed by atoms with van der Waals surface area (Å²) in [5, 5.41) is 18.7. The van der Waals surface area contributed by atoms with Crippen LogP contribution in [-0.4, -0.2) is 44.6 Å². The molecule has 1 saturated carbocycles. The highest BCUT2D eigenvalue weighted by Crippen LogP contribution is 2.19. The minimum absolute atomic E-state index is 0.0899. The van der Waals surface area contributed by atoms with E-state index in [2.05, 4.69) is 0 Å². The molecule has 1 aliphatic rings. The molecule has 1 aliphatic carbocycles. The molecule has 0 aliphatic heterocycles. The van der Waals surface area contributed by atoms with E-state index in [1.165, 1.54) is 12.1 Å². The molecule has 9 heteroatoms. The molecule has 0 spiro atoms. The van der Waals surface area contributed by atoms with E-state index in [-0.39, 0.29) is 49.0 Å². The molecule has 0 aromatic carbocycles. The number of carbonyl (C=O) groups is 4. The van der Waals surface area contributed by atoms with Gasteiger partial charge in [-0.3, -0.25) is 14.4 Å². The number of hydrogen-bond donors (Lipinski definition) is 2. The van der Waals surface area contributed by atoms with E-state index in [1.807, 2.05) is 0 Å². The van der Waals surface area contributed by atoms with Gasteiger partial charge in [-0.15, -0.1) is 4.73 Å². The lowest BCUT2D eigenvalue weighted by Gasteiger charge is -2.09. The molecule has 2 rings (SSSR count). The van der Waals surface area contributed by atoms with Crippen molar-refractivity contribution in [3.63, 3.8) is 0 Å². The van der Waals surface area contributed by atoms with Crippen LogP contribution in [0.3, 0.4) is 0 Å². The van der Waals surface area contributed by atoms with Gasteiger partial charge in [0, 0.05) is 37.8 Å². The summed E-state index contributed by atoms with van der Waals surface area (Å²) in [6.07, 6.45) is 1.58. The molecule has 26 heavy (non-hydrogen) atoms. The molecular formula is C17H21NO8. The van der Waals surface area contributed by atoms with E-state index in [9.17, 15) is 29.4 Å². The summed E-state index contributed by atoms with van der Waals surface area (Å²) in [6.45, 7) is 0. The summed E-state index contributed by atoms with van der Waals surface area (Å²) in [5.74, 6) is -2.63. The first-order chi connectivity index (χ1) is 12.4. The fourth-order valence-corrected chi connectivity index (χ4v) is 2.55. The third-order valence-corrected chi connectivity index (χ3v) is 3.95. The van der Waals surface area contributed by atoms with E-state index < -0.39 is 18.0 Å². The van der Waals surface area contributed by atoms with Crippen LogP contribution in [0.5, 0.6) is 11.8 Å². The molecule has 9 nitrogen and oxygen atoms in total. The standard InChI is InChI=1S/C17H21NO8/c19-11-7-8-12(20)17(11)25-15(23)5-3-1-2-4-6-16(24)26-18-13(21)9-10-14(18)22/h9-10,17,21-22H,1-8H2. The van der Waals surface area contributed by atoms with Crippen molar-refractivity contribution >= 4 is 23.5 Å². The highest BCUT2D eigenvalue weighted by atomic mass is 16.7. The summed E-state index contributed by atoms with van der Waals surface area (Å²) in [5.41, 5.74) is 0. The van der Waals surface area contributed by atoms with Crippen LogP contribution in [0.15, 0.2) is 12.1 Å². The van der Waals surface area contributed by atoms with Crippen molar-refractivity contribution in [1.29, 1.82) is 0 Å². The maximum absolute atomic E-state index is 11.6. The topological polar surface area (TPSA) is 132 Å². The zero-order valence-electron chi connectivity index (χ0n) is 14.2. The zero-order valence-corrected chi connectivity index (χ0v) is 14.2. The average molecular weight is 367 g/mol. The van der Waals surface area contributed by atoms with Gasteiger partial charge < -0.3 is 19.8 Å². The monoisotopic (exact) mass is 367 g/mol. The maximum Gasteiger partial charge on any atom is 0.333 e. The summed E-state index contributed by atoms with van der Waals surface area (Å²) in [4.78, 5) is 50.8. The normalized spacial score (nSPS) is 14.6. The van der Waals surface area contributed by atoms with Gasteiger partial charge in [-0.05, 0) is 12.8 Å². The summed E-state index contributed by atoms with van der Waals surface area (Å²) in [6, 6.07) is 2.38. The second kappa shape index (κ2) is 9.02. The zero-order chi connectivity index (χ0) is 19.1. The maximum atomic E-state index is 11.6. The molecule has 0 amide bonds. The Morgan fingerprint density at radius 2 is 1.42 bits per heavy atom. The van der Waals surface area contributed by atoms with Crippen LogP contribution in [0.1, 0.15) is 51.4 Å². The Morgan fingerprint density at radius 3 is 1.96 bits per heavy atom. The number of unbranched alkanes of at least 4 members (excludes halogenated alkanes) is 3. The van der Waals surface area contributed by atoms with Crippen molar-refractivity contribution in [2.75, 3.05) is 0 Å². The number of ether oxygens (including phenoxy) is 1. The van der Waals surface area contributed by atoms with Crippen molar-refractivity contribution in [3.05, 3.63) is 12.1 Å². The first kappa shape index (κ1) is 19.5.